The lowest BCUT2D eigenvalue weighted by Gasteiger charge is -2.18. The maximum absolute atomic E-state index is 11.4. The zero-order valence-electron chi connectivity index (χ0n) is 11.2. The second-order valence-electron chi connectivity index (χ2n) is 5.09. The Balaban J connectivity index is 1.72. The summed E-state index contributed by atoms with van der Waals surface area (Å²) in [5, 5.41) is 2.70. The molecule has 4 heteroatoms. The summed E-state index contributed by atoms with van der Waals surface area (Å²) in [6.45, 7) is 0.798. The highest BCUT2D eigenvalue weighted by atomic mass is 16.1. The van der Waals surface area contributed by atoms with Crippen molar-refractivity contribution in [3.8, 4) is 0 Å². The molecule has 0 bridgehead atoms. The molecule has 4 nitrogen and oxygen atoms in total. The highest BCUT2D eigenvalue weighted by Crippen LogP contribution is 2.15. The summed E-state index contributed by atoms with van der Waals surface area (Å²) >= 11 is 0. The third-order valence-electron chi connectivity index (χ3n) is 3.52. The monoisotopic (exact) mass is 267 g/mol. The van der Waals surface area contributed by atoms with E-state index in [9.17, 15) is 4.79 Å². The zero-order valence-corrected chi connectivity index (χ0v) is 11.2. The minimum atomic E-state index is 0.0854. The lowest BCUT2D eigenvalue weighted by molar-refractivity contribution is -0.121. The Morgan fingerprint density at radius 1 is 1.30 bits per heavy atom. The Hall–Kier alpha value is -2.36. The molecule has 0 aliphatic carbocycles. The van der Waals surface area contributed by atoms with Crippen LogP contribution in [0.2, 0.25) is 0 Å². The standard InChI is InChI=1S/C16H17N3O/c20-16-9-14(6-7-18-16)11-19-12-17-10-15(19)8-13-4-2-1-3-5-13/h1-7,10,12,14H,8-9,11H2,(H,18,20). The quantitative estimate of drug-likeness (QED) is 0.922. The lowest BCUT2D eigenvalue weighted by Crippen LogP contribution is -2.26. The maximum Gasteiger partial charge on any atom is 0.224 e. The molecule has 1 amide bonds. The number of carbonyl (C=O) groups excluding carboxylic acids is 1. The van der Waals surface area contributed by atoms with Crippen LogP contribution in [0.3, 0.4) is 0 Å². The minimum absolute atomic E-state index is 0.0854. The van der Waals surface area contributed by atoms with Gasteiger partial charge in [0.2, 0.25) is 5.91 Å². The van der Waals surface area contributed by atoms with Gasteiger partial charge in [0, 0.05) is 43.4 Å². The van der Waals surface area contributed by atoms with Gasteiger partial charge in [-0.1, -0.05) is 36.4 Å². The summed E-state index contributed by atoms with van der Waals surface area (Å²) in [7, 11) is 0. The van der Waals surface area contributed by atoms with Crippen molar-refractivity contribution < 1.29 is 4.79 Å². The molecule has 1 atom stereocenters. The molecular formula is C16H17N3O. The van der Waals surface area contributed by atoms with Crippen molar-refractivity contribution in [2.75, 3.05) is 0 Å². The summed E-state index contributed by atoms with van der Waals surface area (Å²) < 4.78 is 2.14. The number of nitrogens with zero attached hydrogens (tertiary/aromatic N) is 2. The summed E-state index contributed by atoms with van der Waals surface area (Å²) in [5.41, 5.74) is 2.45. The molecular weight excluding hydrogens is 250 g/mol. The number of nitrogens with one attached hydrogen (secondary N) is 1. The van der Waals surface area contributed by atoms with E-state index in [2.05, 4.69) is 27.0 Å². The average Bonchev–Trinajstić information content (AvgIpc) is 2.87. The average molecular weight is 267 g/mol. The summed E-state index contributed by atoms with van der Waals surface area (Å²) in [6, 6.07) is 10.3. The molecule has 2 heterocycles. The first kappa shape index (κ1) is 12.7. The maximum atomic E-state index is 11.4. The number of aromatic nitrogens is 2. The highest BCUT2D eigenvalue weighted by Gasteiger charge is 2.16. The molecule has 20 heavy (non-hydrogen) atoms. The second-order valence-corrected chi connectivity index (χ2v) is 5.09. The van der Waals surface area contributed by atoms with E-state index < -0.39 is 0 Å². The van der Waals surface area contributed by atoms with E-state index >= 15 is 0 Å². The molecule has 1 aliphatic heterocycles. The van der Waals surface area contributed by atoms with Crippen molar-refractivity contribution in [1.82, 2.24) is 14.9 Å². The van der Waals surface area contributed by atoms with Crippen molar-refractivity contribution >= 4 is 5.91 Å². The van der Waals surface area contributed by atoms with Crippen LogP contribution in [0.4, 0.5) is 0 Å². The zero-order chi connectivity index (χ0) is 13.8. The molecule has 2 aromatic rings. The van der Waals surface area contributed by atoms with Gasteiger partial charge in [-0.15, -0.1) is 0 Å². The van der Waals surface area contributed by atoms with Gasteiger partial charge >= 0.3 is 0 Å². The molecule has 0 radical (unpaired) electrons. The minimum Gasteiger partial charge on any atom is -0.334 e. The van der Waals surface area contributed by atoms with Crippen molar-refractivity contribution in [2.45, 2.75) is 19.4 Å². The molecule has 0 fully saturated rings. The van der Waals surface area contributed by atoms with Gasteiger partial charge < -0.3 is 9.88 Å². The van der Waals surface area contributed by atoms with E-state index in [1.807, 2.05) is 36.8 Å². The smallest absolute Gasteiger partial charge is 0.224 e. The lowest BCUT2D eigenvalue weighted by atomic mass is 10.0. The number of hydrogen-bond acceptors (Lipinski definition) is 2. The Labute approximate surface area is 118 Å². The number of carbonyl (C=O) groups is 1. The third kappa shape index (κ3) is 2.96. The second kappa shape index (κ2) is 5.74. The first-order valence-corrected chi connectivity index (χ1v) is 6.80. The van der Waals surface area contributed by atoms with Gasteiger partial charge in [-0.05, 0) is 5.56 Å². The fraction of sp³-hybridized carbons (Fsp3) is 0.250. The number of amides is 1. The van der Waals surface area contributed by atoms with Gasteiger partial charge in [0.25, 0.3) is 0 Å². The van der Waals surface area contributed by atoms with Crippen LogP contribution in [-0.4, -0.2) is 15.5 Å². The van der Waals surface area contributed by atoms with Crippen LogP contribution in [0.1, 0.15) is 17.7 Å². The fourth-order valence-electron chi connectivity index (χ4n) is 2.49. The largest absolute Gasteiger partial charge is 0.334 e. The number of hydrogen-bond donors (Lipinski definition) is 1. The predicted molar refractivity (Wildman–Crippen MR) is 76.9 cm³/mol. The normalized spacial score (nSPS) is 18.0. The van der Waals surface area contributed by atoms with Crippen LogP contribution in [0.15, 0.2) is 55.1 Å². The summed E-state index contributed by atoms with van der Waals surface area (Å²) in [6.07, 6.45) is 8.94. The molecule has 102 valence electrons. The molecule has 1 aromatic heterocycles. The molecule has 1 aromatic carbocycles. The highest BCUT2D eigenvalue weighted by molar-refractivity contribution is 5.78. The molecule has 1 N–H and O–H groups in total. The van der Waals surface area contributed by atoms with E-state index in [4.69, 9.17) is 0 Å². The van der Waals surface area contributed by atoms with Gasteiger partial charge in [0.1, 0.15) is 0 Å². The van der Waals surface area contributed by atoms with Gasteiger partial charge in [-0.2, -0.15) is 0 Å². The van der Waals surface area contributed by atoms with Crippen LogP contribution in [0.25, 0.3) is 0 Å². The van der Waals surface area contributed by atoms with Gasteiger partial charge in [0.05, 0.1) is 6.33 Å². The number of allylic oxidation sites excluding steroid dienone is 1. The molecule has 0 saturated heterocycles. The van der Waals surface area contributed by atoms with Gasteiger partial charge in [0.15, 0.2) is 0 Å². The molecule has 3 rings (SSSR count). The van der Waals surface area contributed by atoms with Crippen molar-refractivity contribution in [3.63, 3.8) is 0 Å². The summed E-state index contributed by atoms with van der Waals surface area (Å²) in [5.74, 6) is 0.328. The Kier molecular flexibility index (Phi) is 3.63. The van der Waals surface area contributed by atoms with Crippen LogP contribution in [0.5, 0.6) is 0 Å². The van der Waals surface area contributed by atoms with Gasteiger partial charge in [-0.25, -0.2) is 4.98 Å². The fourth-order valence-corrected chi connectivity index (χ4v) is 2.49. The van der Waals surface area contributed by atoms with Crippen molar-refractivity contribution in [2.24, 2.45) is 5.92 Å². The van der Waals surface area contributed by atoms with Crippen LogP contribution < -0.4 is 5.32 Å². The van der Waals surface area contributed by atoms with Crippen LogP contribution in [0, 0.1) is 5.92 Å². The van der Waals surface area contributed by atoms with E-state index in [1.54, 1.807) is 6.20 Å². The first-order valence-electron chi connectivity index (χ1n) is 6.80. The van der Waals surface area contributed by atoms with E-state index in [0.717, 1.165) is 13.0 Å². The van der Waals surface area contributed by atoms with Gasteiger partial charge in [-0.3, -0.25) is 4.79 Å². The molecule has 0 saturated carbocycles. The number of imidazole rings is 1. The number of rotatable bonds is 4. The van der Waals surface area contributed by atoms with Crippen molar-refractivity contribution in [1.29, 1.82) is 0 Å². The SMILES string of the molecule is O=C1CC(Cn2cncc2Cc2ccccc2)C=CN1. The topological polar surface area (TPSA) is 46.9 Å². The molecule has 0 spiro atoms. The Morgan fingerprint density at radius 2 is 2.15 bits per heavy atom. The molecule has 1 unspecified atom stereocenters. The molecule has 1 aliphatic rings. The van der Waals surface area contributed by atoms with E-state index in [0.29, 0.717) is 6.42 Å². The number of benzene rings is 1. The van der Waals surface area contributed by atoms with Crippen LogP contribution >= 0.6 is 0 Å². The van der Waals surface area contributed by atoms with E-state index in [1.165, 1.54) is 11.3 Å². The van der Waals surface area contributed by atoms with Crippen LogP contribution in [-0.2, 0) is 17.8 Å². The Morgan fingerprint density at radius 3 is 2.95 bits per heavy atom. The summed E-state index contributed by atoms with van der Waals surface area (Å²) in [4.78, 5) is 15.6. The first-order chi connectivity index (χ1) is 9.81. The Bertz CT molecular complexity index is 616. The van der Waals surface area contributed by atoms with E-state index in [-0.39, 0.29) is 11.8 Å². The third-order valence-corrected chi connectivity index (χ3v) is 3.52. The predicted octanol–water partition coefficient (Wildman–Crippen LogP) is 2.12. The van der Waals surface area contributed by atoms with Crippen molar-refractivity contribution in [3.05, 3.63) is 66.4 Å².